The van der Waals surface area contributed by atoms with Crippen LogP contribution in [0.2, 0.25) is 4.34 Å². The standard InChI is InChI=1S/C12H14ClN3OS/c1-15(11-7-8-14-16(11)2)12(17)6-4-9-3-5-10(13)18-9/h3,5,7-8H,4,6H2,1-2H3. The van der Waals surface area contributed by atoms with E-state index < -0.39 is 0 Å². The van der Waals surface area contributed by atoms with E-state index in [1.54, 1.807) is 22.8 Å². The van der Waals surface area contributed by atoms with Gasteiger partial charge < -0.3 is 4.90 Å². The minimum Gasteiger partial charge on any atom is -0.300 e. The normalized spacial score (nSPS) is 10.6. The van der Waals surface area contributed by atoms with Crippen LogP contribution in [0.4, 0.5) is 5.82 Å². The van der Waals surface area contributed by atoms with Crippen molar-refractivity contribution in [1.29, 1.82) is 0 Å². The lowest BCUT2D eigenvalue weighted by Crippen LogP contribution is -2.28. The quantitative estimate of drug-likeness (QED) is 0.865. The van der Waals surface area contributed by atoms with Crippen LogP contribution in [0.15, 0.2) is 24.4 Å². The van der Waals surface area contributed by atoms with Crippen molar-refractivity contribution in [2.75, 3.05) is 11.9 Å². The predicted octanol–water partition coefficient (Wildman–Crippen LogP) is 2.73. The van der Waals surface area contributed by atoms with E-state index in [-0.39, 0.29) is 5.91 Å². The van der Waals surface area contributed by atoms with E-state index in [0.29, 0.717) is 6.42 Å². The second-order valence-corrected chi connectivity index (χ2v) is 5.77. The minimum atomic E-state index is 0.0723. The third kappa shape index (κ3) is 2.91. The van der Waals surface area contributed by atoms with Crippen molar-refractivity contribution in [3.05, 3.63) is 33.6 Å². The number of hydrogen-bond donors (Lipinski definition) is 0. The van der Waals surface area contributed by atoms with Crippen molar-refractivity contribution < 1.29 is 4.79 Å². The highest BCUT2D eigenvalue weighted by molar-refractivity contribution is 7.16. The van der Waals surface area contributed by atoms with Gasteiger partial charge in [-0.1, -0.05) is 11.6 Å². The molecule has 96 valence electrons. The van der Waals surface area contributed by atoms with Crippen molar-refractivity contribution in [3.63, 3.8) is 0 Å². The van der Waals surface area contributed by atoms with Crippen LogP contribution in [-0.4, -0.2) is 22.7 Å². The van der Waals surface area contributed by atoms with Crippen molar-refractivity contribution in [2.45, 2.75) is 12.8 Å². The van der Waals surface area contributed by atoms with Crippen LogP contribution in [0.1, 0.15) is 11.3 Å². The molecule has 0 atom stereocenters. The SMILES string of the molecule is CN(C(=O)CCc1ccc(Cl)s1)c1ccnn1C. The van der Waals surface area contributed by atoms with Gasteiger partial charge in [0.15, 0.2) is 0 Å². The van der Waals surface area contributed by atoms with Gasteiger partial charge in [-0.15, -0.1) is 11.3 Å². The van der Waals surface area contributed by atoms with Crippen molar-refractivity contribution in [2.24, 2.45) is 7.05 Å². The Morgan fingerprint density at radius 1 is 1.50 bits per heavy atom. The Labute approximate surface area is 115 Å². The molecule has 4 nitrogen and oxygen atoms in total. The molecular weight excluding hydrogens is 270 g/mol. The molecular formula is C12H14ClN3OS. The van der Waals surface area contributed by atoms with Gasteiger partial charge in [0.05, 0.1) is 10.5 Å². The summed E-state index contributed by atoms with van der Waals surface area (Å²) in [4.78, 5) is 14.8. The molecule has 0 bridgehead atoms. The maximum absolute atomic E-state index is 12.0. The van der Waals surface area contributed by atoms with Gasteiger partial charge in [-0.25, -0.2) is 0 Å². The number of aryl methyl sites for hydroxylation is 2. The molecule has 2 rings (SSSR count). The first-order valence-corrected chi connectivity index (χ1v) is 6.76. The molecule has 0 radical (unpaired) electrons. The predicted molar refractivity (Wildman–Crippen MR) is 74.3 cm³/mol. The third-order valence-electron chi connectivity index (χ3n) is 2.73. The molecule has 0 saturated carbocycles. The summed E-state index contributed by atoms with van der Waals surface area (Å²) < 4.78 is 2.44. The van der Waals surface area contributed by atoms with Gasteiger partial charge >= 0.3 is 0 Å². The molecule has 0 fully saturated rings. The van der Waals surface area contributed by atoms with Gasteiger partial charge in [0, 0.05) is 31.5 Å². The molecule has 0 aromatic carbocycles. The first kappa shape index (κ1) is 13.1. The van der Waals surface area contributed by atoms with E-state index in [4.69, 9.17) is 11.6 Å². The van der Waals surface area contributed by atoms with Crippen LogP contribution < -0.4 is 4.90 Å². The molecule has 0 unspecified atom stereocenters. The van der Waals surface area contributed by atoms with Crippen LogP contribution in [0.5, 0.6) is 0 Å². The van der Waals surface area contributed by atoms with Crippen molar-refractivity contribution in [1.82, 2.24) is 9.78 Å². The molecule has 1 amide bonds. The summed E-state index contributed by atoms with van der Waals surface area (Å²) >= 11 is 7.37. The summed E-state index contributed by atoms with van der Waals surface area (Å²) in [7, 11) is 3.58. The fourth-order valence-electron chi connectivity index (χ4n) is 1.71. The number of carbonyl (C=O) groups excluding carboxylic acids is 1. The number of anilines is 1. The molecule has 0 aliphatic heterocycles. The van der Waals surface area contributed by atoms with Gasteiger partial charge in [-0.2, -0.15) is 5.10 Å². The summed E-state index contributed by atoms with van der Waals surface area (Å²) in [6.45, 7) is 0. The smallest absolute Gasteiger partial charge is 0.228 e. The lowest BCUT2D eigenvalue weighted by molar-refractivity contribution is -0.118. The maximum Gasteiger partial charge on any atom is 0.228 e. The monoisotopic (exact) mass is 283 g/mol. The highest BCUT2D eigenvalue weighted by Gasteiger charge is 2.14. The molecule has 2 aromatic heterocycles. The Morgan fingerprint density at radius 2 is 2.28 bits per heavy atom. The number of nitrogens with zero attached hydrogens (tertiary/aromatic N) is 3. The van der Waals surface area contributed by atoms with Crippen LogP contribution in [0.25, 0.3) is 0 Å². The van der Waals surface area contributed by atoms with Gasteiger partial charge in [0.25, 0.3) is 0 Å². The number of hydrogen-bond acceptors (Lipinski definition) is 3. The molecule has 0 aliphatic carbocycles. The number of aromatic nitrogens is 2. The fraction of sp³-hybridized carbons (Fsp3) is 0.333. The highest BCUT2D eigenvalue weighted by Crippen LogP contribution is 2.23. The first-order valence-electron chi connectivity index (χ1n) is 5.56. The van der Waals surface area contributed by atoms with Crippen LogP contribution in [0, 0.1) is 0 Å². The van der Waals surface area contributed by atoms with Crippen LogP contribution in [0.3, 0.4) is 0 Å². The van der Waals surface area contributed by atoms with Gasteiger partial charge in [0.2, 0.25) is 5.91 Å². The lowest BCUT2D eigenvalue weighted by Gasteiger charge is -2.16. The van der Waals surface area contributed by atoms with E-state index in [9.17, 15) is 4.79 Å². The van der Waals surface area contributed by atoms with Gasteiger partial charge in [-0.3, -0.25) is 9.48 Å². The summed E-state index contributed by atoms with van der Waals surface area (Å²) in [5.41, 5.74) is 0. The Bertz CT molecular complexity index is 549. The topological polar surface area (TPSA) is 38.1 Å². The third-order valence-corrected chi connectivity index (χ3v) is 4.02. The average Bonchev–Trinajstić information content (AvgIpc) is 2.94. The van der Waals surface area contributed by atoms with Crippen LogP contribution >= 0.6 is 22.9 Å². The number of thiophene rings is 1. The molecule has 0 aliphatic rings. The van der Waals surface area contributed by atoms with E-state index in [0.717, 1.165) is 21.5 Å². The Balaban J connectivity index is 1.94. The summed E-state index contributed by atoms with van der Waals surface area (Å²) in [5, 5.41) is 4.05. The number of halogens is 1. The molecule has 0 N–H and O–H groups in total. The lowest BCUT2D eigenvalue weighted by atomic mass is 10.2. The Kier molecular flexibility index (Phi) is 4.04. The van der Waals surface area contributed by atoms with E-state index in [2.05, 4.69) is 5.10 Å². The van der Waals surface area contributed by atoms with Gasteiger partial charge in [-0.05, 0) is 18.6 Å². The largest absolute Gasteiger partial charge is 0.300 e. The Hall–Kier alpha value is -1.33. The minimum absolute atomic E-state index is 0.0723. The second-order valence-electron chi connectivity index (χ2n) is 3.97. The van der Waals surface area contributed by atoms with E-state index in [1.165, 1.54) is 11.3 Å². The zero-order valence-electron chi connectivity index (χ0n) is 10.3. The molecule has 18 heavy (non-hydrogen) atoms. The van der Waals surface area contributed by atoms with Crippen LogP contribution in [-0.2, 0) is 18.3 Å². The number of amides is 1. The summed E-state index contributed by atoms with van der Waals surface area (Å²) in [6.07, 6.45) is 2.87. The number of carbonyl (C=O) groups is 1. The summed E-state index contributed by atoms with van der Waals surface area (Å²) in [6, 6.07) is 5.64. The molecule has 0 spiro atoms. The molecule has 0 saturated heterocycles. The fourth-order valence-corrected chi connectivity index (χ4v) is 2.79. The van der Waals surface area contributed by atoms with E-state index >= 15 is 0 Å². The zero-order chi connectivity index (χ0) is 13.1. The van der Waals surface area contributed by atoms with Gasteiger partial charge in [0.1, 0.15) is 5.82 Å². The van der Waals surface area contributed by atoms with E-state index in [1.807, 2.05) is 25.2 Å². The Morgan fingerprint density at radius 3 is 2.83 bits per heavy atom. The molecule has 2 heterocycles. The van der Waals surface area contributed by atoms with Crippen molar-refractivity contribution in [3.8, 4) is 0 Å². The maximum atomic E-state index is 12.0. The zero-order valence-corrected chi connectivity index (χ0v) is 11.8. The molecule has 6 heteroatoms. The summed E-state index contributed by atoms with van der Waals surface area (Å²) in [5.74, 6) is 0.868. The second kappa shape index (κ2) is 5.54. The molecule has 2 aromatic rings. The van der Waals surface area contributed by atoms with Crippen molar-refractivity contribution >= 4 is 34.7 Å². The number of rotatable bonds is 4. The first-order chi connectivity index (χ1) is 8.58. The average molecular weight is 284 g/mol. The highest BCUT2D eigenvalue weighted by atomic mass is 35.5.